The van der Waals surface area contributed by atoms with Crippen molar-refractivity contribution in [3.63, 3.8) is 0 Å². The maximum Gasteiger partial charge on any atom is 0.273 e. The minimum Gasteiger partial charge on any atom is -0.396 e. The first kappa shape index (κ1) is 22.9. The number of nitrogens with zero attached hydrogens (tertiary/aromatic N) is 3. The van der Waals surface area contributed by atoms with Crippen LogP contribution in [-0.2, 0) is 17.9 Å². The van der Waals surface area contributed by atoms with E-state index >= 15 is 0 Å². The summed E-state index contributed by atoms with van der Waals surface area (Å²) in [5.41, 5.74) is 0.624. The zero-order chi connectivity index (χ0) is 24.7. The van der Waals surface area contributed by atoms with Crippen LogP contribution in [0.1, 0.15) is 27.8 Å². The van der Waals surface area contributed by atoms with Gasteiger partial charge in [-0.05, 0) is 35.9 Å². The van der Waals surface area contributed by atoms with Gasteiger partial charge in [0.25, 0.3) is 11.5 Å². The molecular weight excluding hydrogens is 458 g/mol. The summed E-state index contributed by atoms with van der Waals surface area (Å²) in [6.45, 7) is -0.424. The van der Waals surface area contributed by atoms with Gasteiger partial charge in [0, 0.05) is 49.6 Å². The number of carbonyl (C=O) groups is 2. The Morgan fingerprint density at radius 3 is 2.54 bits per heavy atom. The molecule has 0 unspecified atom stereocenters. The Morgan fingerprint density at radius 1 is 1.09 bits per heavy atom. The van der Waals surface area contributed by atoms with E-state index in [1.807, 2.05) is 0 Å². The molecule has 0 spiro atoms. The zero-order valence-electron chi connectivity index (χ0n) is 18.5. The van der Waals surface area contributed by atoms with Crippen molar-refractivity contribution in [2.45, 2.75) is 25.2 Å². The fraction of sp³-hybridized carbons (Fsp3) is 0.280. The fourth-order valence-electron chi connectivity index (χ4n) is 5.28. The average Bonchev–Trinajstić information content (AvgIpc) is 3.09. The van der Waals surface area contributed by atoms with Crippen molar-refractivity contribution in [3.8, 4) is 0 Å². The van der Waals surface area contributed by atoms with E-state index in [1.54, 1.807) is 30.3 Å². The quantitative estimate of drug-likeness (QED) is 0.578. The number of halogens is 2. The molecule has 1 aromatic carbocycles. The molecule has 2 amide bonds. The summed E-state index contributed by atoms with van der Waals surface area (Å²) in [5, 5.41) is 13.0. The highest BCUT2D eigenvalue weighted by Gasteiger charge is 2.57. The van der Waals surface area contributed by atoms with E-state index in [-0.39, 0.29) is 29.9 Å². The summed E-state index contributed by atoms with van der Waals surface area (Å²) in [4.78, 5) is 45.2. The van der Waals surface area contributed by atoms with E-state index in [2.05, 4.69) is 10.3 Å². The molecule has 0 radical (unpaired) electrons. The van der Waals surface area contributed by atoms with Gasteiger partial charge in [-0.1, -0.05) is 12.1 Å². The normalized spacial score (nSPS) is 22.5. The summed E-state index contributed by atoms with van der Waals surface area (Å²) in [5.74, 6) is -4.00. The molecule has 1 fully saturated rings. The number of aromatic nitrogens is 2. The Morgan fingerprint density at radius 2 is 1.86 bits per heavy atom. The molecule has 1 saturated heterocycles. The van der Waals surface area contributed by atoms with E-state index < -0.39 is 54.0 Å². The van der Waals surface area contributed by atoms with Crippen LogP contribution in [-0.4, -0.2) is 44.0 Å². The first-order valence-corrected chi connectivity index (χ1v) is 11.2. The standard InChI is InChI=1S/C25H22F2N4O4/c26-15-8-14(9-16(27)10-15)11-29-24(34)22-17(13-32)20-12-30-19(5-3-6-21(30)33)23(22)31(20)25(35)18-4-1-2-7-28-18/h1-10,17,20,22-23,32H,11-13H2,(H,29,34)/t17-,20-,22+,23+/m0/s1. The third-order valence-electron chi connectivity index (χ3n) is 6.73. The lowest BCUT2D eigenvalue weighted by Gasteiger charge is -2.37. The molecule has 5 rings (SSSR count). The van der Waals surface area contributed by atoms with Gasteiger partial charge in [0.05, 0.1) is 18.0 Å². The minimum atomic E-state index is -0.897. The maximum atomic E-state index is 13.6. The summed E-state index contributed by atoms with van der Waals surface area (Å²) in [6.07, 6.45) is 1.49. The molecule has 3 aromatic rings. The van der Waals surface area contributed by atoms with Crippen molar-refractivity contribution < 1.29 is 23.5 Å². The molecule has 2 aliphatic heterocycles. The van der Waals surface area contributed by atoms with Crippen LogP contribution in [0.2, 0.25) is 0 Å². The van der Waals surface area contributed by atoms with Gasteiger partial charge in [-0.15, -0.1) is 0 Å². The summed E-state index contributed by atoms with van der Waals surface area (Å²) >= 11 is 0. The molecule has 8 nitrogen and oxygen atoms in total. The molecule has 0 aliphatic carbocycles. The largest absolute Gasteiger partial charge is 0.396 e. The monoisotopic (exact) mass is 480 g/mol. The smallest absolute Gasteiger partial charge is 0.273 e. The number of hydrogen-bond donors (Lipinski definition) is 2. The van der Waals surface area contributed by atoms with Crippen LogP contribution in [0.15, 0.2) is 65.6 Å². The lowest BCUT2D eigenvalue weighted by atomic mass is 9.86. The van der Waals surface area contributed by atoms with Crippen LogP contribution >= 0.6 is 0 Å². The third kappa shape index (κ3) is 3.99. The number of aliphatic hydroxyl groups excluding tert-OH is 1. The maximum absolute atomic E-state index is 13.6. The van der Waals surface area contributed by atoms with Crippen molar-refractivity contribution in [1.82, 2.24) is 19.8 Å². The Labute approximate surface area is 198 Å². The second kappa shape index (κ2) is 9.03. The Hall–Kier alpha value is -3.92. The van der Waals surface area contributed by atoms with Gasteiger partial charge >= 0.3 is 0 Å². The number of rotatable bonds is 5. The average molecular weight is 480 g/mol. The Bertz CT molecular complexity index is 1330. The van der Waals surface area contributed by atoms with E-state index in [4.69, 9.17) is 0 Å². The van der Waals surface area contributed by atoms with Crippen LogP contribution < -0.4 is 10.9 Å². The number of fused-ring (bicyclic) bond motifs is 4. The number of benzene rings is 1. The molecule has 2 N–H and O–H groups in total. The summed E-state index contributed by atoms with van der Waals surface area (Å²) in [7, 11) is 0. The van der Waals surface area contributed by atoms with Gasteiger partial charge in [0.15, 0.2) is 0 Å². The predicted octanol–water partition coefficient (Wildman–Crippen LogP) is 1.64. The van der Waals surface area contributed by atoms with E-state index in [0.29, 0.717) is 5.69 Å². The SMILES string of the molecule is O=C(NCc1cc(F)cc(F)c1)[C@@H]1[C@@H](CO)[C@@H]2Cn3c(cccc3=O)[C@H]1N2C(=O)c1ccccn1. The second-order valence-electron chi connectivity index (χ2n) is 8.71. The van der Waals surface area contributed by atoms with E-state index in [1.165, 1.54) is 21.7 Å². The van der Waals surface area contributed by atoms with Crippen LogP contribution in [0, 0.1) is 23.5 Å². The van der Waals surface area contributed by atoms with Gasteiger partial charge in [-0.2, -0.15) is 0 Å². The van der Waals surface area contributed by atoms with Crippen molar-refractivity contribution >= 4 is 11.8 Å². The highest BCUT2D eigenvalue weighted by Crippen LogP contribution is 2.48. The molecule has 35 heavy (non-hydrogen) atoms. The minimum absolute atomic E-state index is 0.119. The van der Waals surface area contributed by atoms with Crippen LogP contribution in [0.4, 0.5) is 8.78 Å². The second-order valence-corrected chi connectivity index (χ2v) is 8.71. The van der Waals surface area contributed by atoms with Gasteiger partial charge in [0.1, 0.15) is 17.3 Å². The molecule has 0 saturated carbocycles. The van der Waals surface area contributed by atoms with Gasteiger partial charge in [-0.25, -0.2) is 8.78 Å². The van der Waals surface area contributed by atoms with Crippen molar-refractivity contribution in [3.05, 3.63) is 99.7 Å². The molecule has 4 atom stereocenters. The number of pyridine rings is 2. The van der Waals surface area contributed by atoms with E-state index in [9.17, 15) is 28.3 Å². The van der Waals surface area contributed by atoms with Crippen LogP contribution in [0.5, 0.6) is 0 Å². The summed E-state index contributed by atoms with van der Waals surface area (Å²) < 4.78 is 28.7. The number of aliphatic hydroxyl groups is 1. The molecule has 2 aliphatic rings. The van der Waals surface area contributed by atoms with Crippen LogP contribution in [0.25, 0.3) is 0 Å². The lowest BCUT2D eigenvalue weighted by molar-refractivity contribution is -0.127. The van der Waals surface area contributed by atoms with Crippen molar-refractivity contribution in [1.29, 1.82) is 0 Å². The molecule has 4 heterocycles. The zero-order valence-corrected chi connectivity index (χ0v) is 18.5. The molecule has 10 heteroatoms. The first-order valence-electron chi connectivity index (χ1n) is 11.2. The predicted molar refractivity (Wildman–Crippen MR) is 120 cm³/mol. The molecular formula is C25H22F2N4O4. The summed E-state index contributed by atoms with van der Waals surface area (Å²) in [6, 6.07) is 11.1. The van der Waals surface area contributed by atoms with Gasteiger partial charge < -0.3 is 19.9 Å². The highest BCUT2D eigenvalue weighted by molar-refractivity contribution is 5.94. The van der Waals surface area contributed by atoms with Crippen molar-refractivity contribution in [2.75, 3.05) is 6.61 Å². The Balaban J connectivity index is 1.53. The first-order chi connectivity index (χ1) is 16.9. The number of carbonyl (C=O) groups excluding carboxylic acids is 2. The van der Waals surface area contributed by atoms with E-state index in [0.717, 1.165) is 18.2 Å². The molecule has 180 valence electrons. The number of hydrogen-bond acceptors (Lipinski definition) is 5. The molecule has 2 bridgehead atoms. The van der Waals surface area contributed by atoms with Crippen molar-refractivity contribution in [2.24, 2.45) is 11.8 Å². The molecule has 2 aromatic heterocycles. The third-order valence-corrected chi connectivity index (χ3v) is 6.73. The van der Waals surface area contributed by atoms with Gasteiger partial charge in [-0.3, -0.25) is 19.4 Å². The fourth-order valence-corrected chi connectivity index (χ4v) is 5.28. The van der Waals surface area contributed by atoms with Crippen LogP contribution in [0.3, 0.4) is 0 Å². The number of nitrogens with one attached hydrogen (secondary N) is 1. The number of amides is 2. The highest BCUT2D eigenvalue weighted by atomic mass is 19.1. The van der Waals surface area contributed by atoms with Gasteiger partial charge in [0.2, 0.25) is 5.91 Å². The topological polar surface area (TPSA) is 105 Å². The lowest BCUT2D eigenvalue weighted by Crippen LogP contribution is -2.49. The Kier molecular flexibility index (Phi) is 5.89.